The third-order valence-electron chi connectivity index (χ3n) is 3.27. The third-order valence-corrected chi connectivity index (χ3v) is 3.27. The third kappa shape index (κ3) is 3.39. The number of benzene rings is 2. The average Bonchev–Trinajstić information content (AvgIpc) is 2.43. The van der Waals surface area contributed by atoms with E-state index < -0.39 is 11.7 Å². The predicted octanol–water partition coefficient (Wildman–Crippen LogP) is 5.32. The Bertz CT molecular complexity index is 674. The van der Waals surface area contributed by atoms with Crippen LogP contribution in [-0.4, -0.2) is 0 Å². The lowest BCUT2D eigenvalue weighted by Crippen LogP contribution is -2.03. The molecule has 0 atom stereocenters. The summed E-state index contributed by atoms with van der Waals surface area (Å²) in [4.78, 5) is 0. The molecule has 2 aromatic carbocycles. The molecular formula is C15H14F3N3. The van der Waals surface area contributed by atoms with Gasteiger partial charge < -0.3 is 5.73 Å². The maximum Gasteiger partial charge on any atom is 0.416 e. The van der Waals surface area contributed by atoms with Crippen molar-refractivity contribution in [3.63, 3.8) is 0 Å². The van der Waals surface area contributed by atoms with Gasteiger partial charge in [0.05, 0.1) is 16.9 Å². The highest BCUT2D eigenvalue weighted by Gasteiger charge is 2.29. The van der Waals surface area contributed by atoms with Crippen LogP contribution in [0.1, 0.15) is 16.7 Å². The molecule has 110 valence electrons. The standard InChI is InChI=1S/C15H14F3N3/c1-9-10(2)14(8-7-13(9)19)21-20-12-5-3-11(4-6-12)15(16,17)18/h3-8H,19H2,1-2H3. The fourth-order valence-electron chi connectivity index (χ4n) is 1.76. The van der Waals surface area contributed by atoms with Gasteiger partial charge in [0.1, 0.15) is 0 Å². The second kappa shape index (κ2) is 5.55. The first kappa shape index (κ1) is 15.0. The van der Waals surface area contributed by atoms with Gasteiger partial charge in [-0.1, -0.05) is 0 Å². The van der Waals surface area contributed by atoms with Crippen molar-refractivity contribution in [3.05, 3.63) is 53.1 Å². The van der Waals surface area contributed by atoms with Gasteiger partial charge in [-0.2, -0.15) is 23.4 Å². The van der Waals surface area contributed by atoms with Crippen LogP contribution < -0.4 is 5.73 Å². The van der Waals surface area contributed by atoms with Crippen LogP contribution in [0.4, 0.5) is 30.2 Å². The zero-order valence-corrected chi connectivity index (χ0v) is 11.6. The van der Waals surface area contributed by atoms with Gasteiger partial charge in [-0.3, -0.25) is 0 Å². The number of rotatable bonds is 2. The van der Waals surface area contributed by atoms with Crippen molar-refractivity contribution in [2.75, 3.05) is 5.73 Å². The number of anilines is 1. The van der Waals surface area contributed by atoms with Gasteiger partial charge in [-0.25, -0.2) is 0 Å². The minimum atomic E-state index is -4.35. The van der Waals surface area contributed by atoms with Gasteiger partial charge in [0, 0.05) is 5.69 Å². The topological polar surface area (TPSA) is 50.7 Å². The van der Waals surface area contributed by atoms with Gasteiger partial charge >= 0.3 is 6.18 Å². The molecule has 0 aliphatic carbocycles. The Morgan fingerprint density at radius 2 is 1.48 bits per heavy atom. The number of nitrogens with two attached hydrogens (primary N) is 1. The molecule has 2 N–H and O–H groups in total. The molecule has 2 aromatic rings. The van der Waals surface area contributed by atoms with E-state index in [-0.39, 0.29) is 0 Å². The second-order valence-electron chi connectivity index (χ2n) is 4.67. The Morgan fingerprint density at radius 1 is 0.857 bits per heavy atom. The molecule has 6 heteroatoms. The smallest absolute Gasteiger partial charge is 0.399 e. The van der Waals surface area contributed by atoms with E-state index in [1.165, 1.54) is 12.1 Å². The summed E-state index contributed by atoms with van der Waals surface area (Å²) in [5.74, 6) is 0. The van der Waals surface area contributed by atoms with E-state index >= 15 is 0 Å². The molecule has 0 saturated heterocycles. The van der Waals surface area contributed by atoms with Crippen LogP contribution in [0.15, 0.2) is 46.6 Å². The van der Waals surface area contributed by atoms with Crippen LogP contribution in [0, 0.1) is 13.8 Å². The molecule has 0 aliphatic heterocycles. The monoisotopic (exact) mass is 293 g/mol. The first-order chi connectivity index (χ1) is 9.79. The number of nitrogen functional groups attached to an aromatic ring is 1. The molecule has 2 rings (SSSR count). The van der Waals surface area contributed by atoms with E-state index in [9.17, 15) is 13.2 Å². The van der Waals surface area contributed by atoms with Gasteiger partial charge in [0.2, 0.25) is 0 Å². The molecule has 0 bridgehead atoms. The van der Waals surface area contributed by atoms with Crippen LogP contribution in [0.3, 0.4) is 0 Å². The second-order valence-corrected chi connectivity index (χ2v) is 4.67. The number of hydrogen-bond acceptors (Lipinski definition) is 3. The predicted molar refractivity (Wildman–Crippen MR) is 75.9 cm³/mol. The minimum absolute atomic E-state index is 0.358. The van der Waals surface area contributed by atoms with E-state index in [0.717, 1.165) is 23.3 Å². The normalized spacial score (nSPS) is 12.0. The zero-order chi connectivity index (χ0) is 15.6. The largest absolute Gasteiger partial charge is 0.416 e. The Kier molecular flexibility index (Phi) is 3.97. The van der Waals surface area contributed by atoms with Gasteiger partial charge in [0.15, 0.2) is 0 Å². The van der Waals surface area contributed by atoms with Crippen molar-refractivity contribution in [1.82, 2.24) is 0 Å². The van der Waals surface area contributed by atoms with Crippen molar-refractivity contribution >= 4 is 17.1 Å². The summed E-state index contributed by atoms with van der Waals surface area (Å²) in [5, 5.41) is 8.01. The molecule has 0 heterocycles. The lowest BCUT2D eigenvalue weighted by molar-refractivity contribution is -0.137. The molecule has 0 spiro atoms. The molecule has 3 nitrogen and oxygen atoms in total. The summed E-state index contributed by atoms with van der Waals surface area (Å²) in [6.07, 6.45) is -4.35. The Balaban J connectivity index is 2.24. The molecule has 0 unspecified atom stereocenters. The maximum atomic E-state index is 12.4. The number of nitrogens with zero attached hydrogens (tertiary/aromatic N) is 2. The highest BCUT2D eigenvalue weighted by Crippen LogP contribution is 2.31. The lowest BCUT2D eigenvalue weighted by Gasteiger charge is -2.07. The molecule has 0 radical (unpaired) electrons. The Hall–Kier alpha value is -2.37. The number of alkyl halides is 3. The van der Waals surface area contributed by atoms with Crippen molar-refractivity contribution in [1.29, 1.82) is 0 Å². The Morgan fingerprint density at radius 3 is 2.05 bits per heavy atom. The van der Waals surface area contributed by atoms with Crippen LogP contribution >= 0.6 is 0 Å². The molecule has 0 fully saturated rings. The SMILES string of the molecule is Cc1c(N)ccc(N=Nc2ccc(C(F)(F)F)cc2)c1C. The van der Waals surface area contributed by atoms with Crippen molar-refractivity contribution in [3.8, 4) is 0 Å². The number of halogens is 3. The molecule has 21 heavy (non-hydrogen) atoms. The lowest BCUT2D eigenvalue weighted by atomic mass is 10.1. The van der Waals surface area contributed by atoms with E-state index in [1.54, 1.807) is 12.1 Å². The van der Waals surface area contributed by atoms with E-state index in [4.69, 9.17) is 5.73 Å². The molecule has 0 saturated carbocycles. The summed E-state index contributed by atoms with van der Waals surface area (Å²) in [5.41, 5.74) is 8.54. The van der Waals surface area contributed by atoms with Crippen molar-refractivity contribution in [2.24, 2.45) is 10.2 Å². The molecule has 0 amide bonds. The first-order valence-corrected chi connectivity index (χ1v) is 6.23. The first-order valence-electron chi connectivity index (χ1n) is 6.23. The minimum Gasteiger partial charge on any atom is -0.399 e. The summed E-state index contributed by atoms with van der Waals surface area (Å²) in [6, 6.07) is 7.98. The fraction of sp³-hybridized carbons (Fsp3) is 0.200. The summed E-state index contributed by atoms with van der Waals surface area (Å²) < 4.78 is 37.3. The van der Waals surface area contributed by atoms with E-state index in [2.05, 4.69) is 10.2 Å². The fourth-order valence-corrected chi connectivity index (χ4v) is 1.76. The van der Waals surface area contributed by atoms with Crippen LogP contribution in [0.5, 0.6) is 0 Å². The zero-order valence-electron chi connectivity index (χ0n) is 11.6. The summed E-state index contributed by atoms with van der Waals surface area (Å²) >= 11 is 0. The summed E-state index contributed by atoms with van der Waals surface area (Å²) in [7, 11) is 0. The van der Waals surface area contributed by atoms with Gasteiger partial charge in [-0.15, -0.1) is 0 Å². The Labute approximate surface area is 120 Å². The quantitative estimate of drug-likeness (QED) is 0.591. The number of hydrogen-bond donors (Lipinski definition) is 1. The highest BCUT2D eigenvalue weighted by molar-refractivity contribution is 5.60. The van der Waals surface area contributed by atoms with Crippen LogP contribution in [0.25, 0.3) is 0 Å². The van der Waals surface area contributed by atoms with Crippen LogP contribution in [-0.2, 0) is 6.18 Å². The summed E-state index contributed by atoms with van der Waals surface area (Å²) in [6.45, 7) is 3.74. The highest BCUT2D eigenvalue weighted by atomic mass is 19.4. The van der Waals surface area contributed by atoms with Gasteiger partial charge in [0.25, 0.3) is 0 Å². The van der Waals surface area contributed by atoms with Gasteiger partial charge in [-0.05, 0) is 61.4 Å². The number of azo groups is 1. The molecule has 0 aromatic heterocycles. The van der Waals surface area contributed by atoms with Crippen molar-refractivity contribution in [2.45, 2.75) is 20.0 Å². The average molecular weight is 293 g/mol. The maximum absolute atomic E-state index is 12.4. The van der Waals surface area contributed by atoms with E-state index in [0.29, 0.717) is 17.1 Å². The van der Waals surface area contributed by atoms with E-state index in [1.807, 2.05) is 13.8 Å². The molecule has 0 aliphatic rings. The van der Waals surface area contributed by atoms with Crippen LogP contribution in [0.2, 0.25) is 0 Å². The molecular weight excluding hydrogens is 279 g/mol. The van der Waals surface area contributed by atoms with Crippen molar-refractivity contribution < 1.29 is 13.2 Å².